The van der Waals surface area contributed by atoms with E-state index in [1.165, 1.54) is 0 Å². The van der Waals surface area contributed by atoms with Gasteiger partial charge in [-0.25, -0.2) is 0 Å². The second-order valence-electron chi connectivity index (χ2n) is 4.26. The third kappa shape index (κ3) is 1.69. The number of anilines is 1. The third-order valence-corrected chi connectivity index (χ3v) is 3.51. The van der Waals surface area contributed by atoms with Gasteiger partial charge in [0.2, 0.25) is 0 Å². The third-order valence-electron chi connectivity index (χ3n) is 3.22. The minimum absolute atomic E-state index is 0.522. The Bertz CT molecular complexity index is 628. The van der Waals surface area contributed by atoms with Crippen molar-refractivity contribution < 1.29 is 9.47 Å². The molecular formula is C13H13ClN2O2. The summed E-state index contributed by atoms with van der Waals surface area (Å²) in [4.78, 5) is 4.63. The smallest absolute Gasteiger partial charge is 0.139 e. The van der Waals surface area contributed by atoms with Crippen molar-refractivity contribution in [2.45, 2.75) is 13.0 Å². The molecule has 4 nitrogen and oxygen atoms in total. The van der Waals surface area contributed by atoms with Gasteiger partial charge in [-0.05, 0) is 6.07 Å². The highest BCUT2D eigenvalue weighted by Gasteiger charge is 2.18. The first-order valence-electron chi connectivity index (χ1n) is 5.73. The maximum Gasteiger partial charge on any atom is 0.139 e. The summed E-state index contributed by atoms with van der Waals surface area (Å²) in [6.45, 7) is 1.21. The molecule has 0 radical (unpaired) electrons. The molecule has 0 bridgehead atoms. The SMILES string of the molecule is COc1cc2nc3c(c(N)c2cc1Cl)COCC3. The van der Waals surface area contributed by atoms with Crippen molar-refractivity contribution in [2.24, 2.45) is 0 Å². The van der Waals surface area contributed by atoms with Crippen molar-refractivity contribution in [1.29, 1.82) is 0 Å². The highest BCUT2D eigenvalue weighted by Crippen LogP contribution is 2.35. The maximum atomic E-state index is 6.18. The van der Waals surface area contributed by atoms with Gasteiger partial charge in [0.15, 0.2) is 0 Å². The predicted octanol–water partition coefficient (Wildman–Crippen LogP) is 2.55. The number of aromatic nitrogens is 1. The molecule has 0 unspecified atom stereocenters. The Kier molecular flexibility index (Phi) is 2.76. The number of benzene rings is 1. The van der Waals surface area contributed by atoms with Gasteiger partial charge in [0.1, 0.15) is 5.75 Å². The van der Waals surface area contributed by atoms with Crippen LogP contribution in [-0.2, 0) is 17.8 Å². The first kappa shape index (κ1) is 11.6. The van der Waals surface area contributed by atoms with Gasteiger partial charge in [0.25, 0.3) is 0 Å². The van der Waals surface area contributed by atoms with E-state index in [1.54, 1.807) is 13.2 Å². The Labute approximate surface area is 110 Å². The van der Waals surface area contributed by atoms with Gasteiger partial charge < -0.3 is 15.2 Å². The number of nitrogens with zero attached hydrogens (tertiary/aromatic N) is 1. The fourth-order valence-electron chi connectivity index (χ4n) is 2.25. The van der Waals surface area contributed by atoms with Gasteiger partial charge in [-0.1, -0.05) is 11.6 Å². The molecule has 94 valence electrons. The molecule has 0 aliphatic carbocycles. The number of rotatable bonds is 1. The Morgan fingerprint density at radius 1 is 1.44 bits per heavy atom. The number of hydrogen-bond acceptors (Lipinski definition) is 4. The maximum absolute atomic E-state index is 6.18. The van der Waals surface area contributed by atoms with E-state index in [0.717, 1.165) is 28.6 Å². The van der Waals surface area contributed by atoms with Crippen molar-refractivity contribution in [3.05, 3.63) is 28.4 Å². The summed E-state index contributed by atoms with van der Waals surface area (Å²) >= 11 is 6.12. The quantitative estimate of drug-likeness (QED) is 0.860. The van der Waals surface area contributed by atoms with Crippen LogP contribution in [0.3, 0.4) is 0 Å². The summed E-state index contributed by atoms with van der Waals surface area (Å²) in [6.07, 6.45) is 0.792. The van der Waals surface area contributed by atoms with E-state index in [1.807, 2.05) is 6.07 Å². The summed E-state index contributed by atoms with van der Waals surface area (Å²) in [6, 6.07) is 3.62. The zero-order chi connectivity index (χ0) is 12.7. The van der Waals surface area contributed by atoms with E-state index in [4.69, 9.17) is 26.8 Å². The summed E-state index contributed by atoms with van der Waals surface area (Å²) in [5.41, 5.74) is 9.69. The highest BCUT2D eigenvalue weighted by molar-refractivity contribution is 6.33. The number of hydrogen-bond donors (Lipinski definition) is 1. The van der Waals surface area contributed by atoms with Crippen LogP contribution in [-0.4, -0.2) is 18.7 Å². The Morgan fingerprint density at radius 3 is 3.06 bits per heavy atom. The summed E-state index contributed by atoms with van der Waals surface area (Å²) in [5.74, 6) is 0.614. The lowest BCUT2D eigenvalue weighted by molar-refractivity contribution is 0.110. The molecule has 1 aliphatic heterocycles. The number of fused-ring (bicyclic) bond motifs is 2. The second kappa shape index (κ2) is 4.30. The van der Waals surface area contributed by atoms with Crippen LogP contribution in [0.1, 0.15) is 11.3 Å². The molecule has 0 amide bonds. The molecule has 3 rings (SSSR count). The minimum Gasteiger partial charge on any atom is -0.495 e. The number of halogens is 1. The van der Waals surface area contributed by atoms with Gasteiger partial charge in [-0.3, -0.25) is 4.98 Å². The standard InChI is InChI=1S/C13H13ClN2O2/c1-17-12-5-11-7(4-9(12)14)13(15)8-6-18-3-2-10(8)16-11/h4-5H,2-3,6H2,1H3,(H2,15,16). The van der Waals surface area contributed by atoms with Gasteiger partial charge in [0, 0.05) is 29.1 Å². The van der Waals surface area contributed by atoms with Crippen LogP contribution in [0.4, 0.5) is 5.69 Å². The zero-order valence-corrected chi connectivity index (χ0v) is 10.8. The second-order valence-corrected chi connectivity index (χ2v) is 4.66. The van der Waals surface area contributed by atoms with E-state index in [-0.39, 0.29) is 0 Å². The normalized spacial score (nSPS) is 14.6. The predicted molar refractivity (Wildman–Crippen MR) is 71.1 cm³/mol. The van der Waals surface area contributed by atoms with E-state index >= 15 is 0 Å². The van der Waals surface area contributed by atoms with Gasteiger partial charge >= 0.3 is 0 Å². The van der Waals surface area contributed by atoms with Crippen molar-refractivity contribution >= 4 is 28.2 Å². The lowest BCUT2D eigenvalue weighted by atomic mass is 10.0. The van der Waals surface area contributed by atoms with E-state index in [2.05, 4.69) is 4.98 Å². The highest BCUT2D eigenvalue weighted by atomic mass is 35.5. The van der Waals surface area contributed by atoms with Crippen LogP contribution >= 0.6 is 11.6 Å². The van der Waals surface area contributed by atoms with Crippen molar-refractivity contribution in [2.75, 3.05) is 19.5 Å². The molecular weight excluding hydrogens is 252 g/mol. The first-order valence-corrected chi connectivity index (χ1v) is 6.10. The molecule has 2 N–H and O–H groups in total. The average molecular weight is 265 g/mol. The number of nitrogens with two attached hydrogens (primary N) is 1. The first-order chi connectivity index (χ1) is 8.70. The van der Waals surface area contributed by atoms with Gasteiger partial charge in [0.05, 0.1) is 36.6 Å². The monoisotopic (exact) mass is 264 g/mol. The van der Waals surface area contributed by atoms with Gasteiger partial charge in [-0.15, -0.1) is 0 Å². The molecule has 18 heavy (non-hydrogen) atoms. The van der Waals surface area contributed by atoms with E-state index in [9.17, 15) is 0 Å². The fourth-order valence-corrected chi connectivity index (χ4v) is 2.49. The number of pyridine rings is 1. The van der Waals surface area contributed by atoms with Crippen LogP contribution in [0.5, 0.6) is 5.75 Å². The summed E-state index contributed by atoms with van der Waals surface area (Å²) in [5, 5.41) is 1.39. The molecule has 1 aliphatic rings. The van der Waals surface area contributed by atoms with Crippen molar-refractivity contribution in [1.82, 2.24) is 4.98 Å². The molecule has 5 heteroatoms. The minimum atomic E-state index is 0.522. The van der Waals surface area contributed by atoms with Crippen LogP contribution < -0.4 is 10.5 Å². The largest absolute Gasteiger partial charge is 0.495 e. The van der Waals surface area contributed by atoms with Crippen molar-refractivity contribution in [3.8, 4) is 5.75 Å². The lowest BCUT2D eigenvalue weighted by Gasteiger charge is -2.19. The Hall–Kier alpha value is -1.52. The topological polar surface area (TPSA) is 57.4 Å². The fraction of sp³-hybridized carbons (Fsp3) is 0.308. The van der Waals surface area contributed by atoms with Crippen LogP contribution in [0.15, 0.2) is 12.1 Å². The molecule has 2 aromatic rings. The van der Waals surface area contributed by atoms with E-state index < -0.39 is 0 Å². The molecule has 2 heterocycles. The molecule has 1 aromatic carbocycles. The number of nitrogen functional groups attached to an aromatic ring is 1. The molecule has 0 saturated carbocycles. The van der Waals surface area contributed by atoms with Crippen molar-refractivity contribution in [3.63, 3.8) is 0 Å². The molecule has 0 atom stereocenters. The van der Waals surface area contributed by atoms with Crippen LogP contribution in [0.25, 0.3) is 10.9 Å². The Morgan fingerprint density at radius 2 is 2.28 bits per heavy atom. The van der Waals surface area contributed by atoms with E-state index in [0.29, 0.717) is 29.7 Å². The van der Waals surface area contributed by atoms with Gasteiger partial charge in [-0.2, -0.15) is 0 Å². The van der Waals surface area contributed by atoms with Crippen LogP contribution in [0, 0.1) is 0 Å². The Balaban J connectivity index is 2.31. The number of ether oxygens (including phenoxy) is 2. The number of methoxy groups -OCH3 is 1. The van der Waals surface area contributed by atoms with Crippen LogP contribution in [0.2, 0.25) is 5.02 Å². The lowest BCUT2D eigenvalue weighted by Crippen LogP contribution is -2.14. The molecule has 0 spiro atoms. The molecule has 0 saturated heterocycles. The average Bonchev–Trinajstić information content (AvgIpc) is 2.39. The summed E-state index contributed by atoms with van der Waals surface area (Å²) in [7, 11) is 1.59. The molecule has 0 fully saturated rings. The zero-order valence-electron chi connectivity index (χ0n) is 10.00. The summed E-state index contributed by atoms with van der Waals surface area (Å²) < 4.78 is 10.6. The molecule has 1 aromatic heterocycles.